The van der Waals surface area contributed by atoms with E-state index < -0.39 is 4.92 Å². The van der Waals surface area contributed by atoms with Crippen molar-refractivity contribution in [2.45, 2.75) is 6.92 Å². The zero-order chi connectivity index (χ0) is 14.3. The Hall–Kier alpha value is -3.10. The van der Waals surface area contributed by atoms with Gasteiger partial charge in [-0.25, -0.2) is 4.98 Å². The largest absolute Gasteiger partial charge is 0.368 e. The summed E-state index contributed by atoms with van der Waals surface area (Å²) in [5.41, 5.74) is 6.72. The number of benzene rings is 1. The SMILES string of the molecule is Cc1nc(N)nc(-n2nnc3ccccc32)c1[N+](=O)[O-]. The lowest BCUT2D eigenvalue weighted by molar-refractivity contribution is -0.385. The number of nitrogens with two attached hydrogens (primary N) is 1. The van der Waals surface area contributed by atoms with Crippen LogP contribution in [-0.4, -0.2) is 29.9 Å². The van der Waals surface area contributed by atoms with Gasteiger partial charge in [0, 0.05) is 0 Å². The van der Waals surface area contributed by atoms with Crippen LogP contribution in [0, 0.1) is 17.0 Å². The van der Waals surface area contributed by atoms with E-state index in [0.717, 1.165) is 0 Å². The highest BCUT2D eigenvalue weighted by atomic mass is 16.6. The first-order chi connectivity index (χ1) is 9.58. The number of nitrogens with zero attached hydrogens (tertiary/aromatic N) is 6. The topological polar surface area (TPSA) is 126 Å². The fourth-order valence-corrected chi connectivity index (χ4v) is 1.96. The lowest BCUT2D eigenvalue weighted by atomic mass is 10.3. The van der Waals surface area contributed by atoms with Crippen molar-refractivity contribution in [3.63, 3.8) is 0 Å². The summed E-state index contributed by atoms with van der Waals surface area (Å²) in [6.07, 6.45) is 0. The molecule has 0 aliphatic carbocycles. The molecule has 0 bridgehead atoms. The van der Waals surface area contributed by atoms with Crippen molar-refractivity contribution in [1.82, 2.24) is 25.0 Å². The molecule has 0 radical (unpaired) electrons. The molecule has 1 aromatic carbocycles. The van der Waals surface area contributed by atoms with Gasteiger partial charge in [-0.3, -0.25) is 10.1 Å². The molecule has 0 saturated carbocycles. The summed E-state index contributed by atoms with van der Waals surface area (Å²) in [6.45, 7) is 1.50. The second kappa shape index (κ2) is 4.23. The number of rotatable bonds is 2. The average molecular weight is 271 g/mol. The Morgan fingerprint density at radius 2 is 2.05 bits per heavy atom. The van der Waals surface area contributed by atoms with Gasteiger partial charge in [-0.1, -0.05) is 17.3 Å². The highest BCUT2D eigenvalue weighted by Crippen LogP contribution is 2.26. The predicted molar refractivity (Wildman–Crippen MR) is 70.3 cm³/mol. The van der Waals surface area contributed by atoms with Gasteiger partial charge < -0.3 is 5.73 Å². The van der Waals surface area contributed by atoms with Crippen LogP contribution in [0.3, 0.4) is 0 Å². The normalized spacial score (nSPS) is 10.8. The van der Waals surface area contributed by atoms with E-state index in [1.807, 2.05) is 0 Å². The van der Waals surface area contributed by atoms with E-state index in [9.17, 15) is 10.1 Å². The molecule has 0 saturated heterocycles. The van der Waals surface area contributed by atoms with Crippen molar-refractivity contribution in [3.8, 4) is 5.82 Å². The van der Waals surface area contributed by atoms with Crippen LogP contribution in [0.1, 0.15) is 5.69 Å². The molecule has 0 spiro atoms. The van der Waals surface area contributed by atoms with Crippen molar-refractivity contribution in [1.29, 1.82) is 0 Å². The third kappa shape index (κ3) is 1.72. The van der Waals surface area contributed by atoms with Crippen LogP contribution in [0.2, 0.25) is 0 Å². The number of aryl methyl sites for hydroxylation is 1. The molecular weight excluding hydrogens is 262 g/mol. The first kappa shape index (κ1) is 12.0. The minimum Gasteiger partial charge on any atom is -0.368 e. The van der Waals surface area contributed by atoms with Gasteiger partial charge in [0.1, 0.15) is 11.2 Å². The summed E-state index contributed by atoms with van der Waals surface area (Å²) in [4.78, 5) is 18.4. The quantitative estimate of drug-likeness (QED) is 0.544. The van der Waals surface area contributed by atoms with Crippen LogP contribution < -0.4 is 5.73 Å². The number of hydrogen-bond donors (Lipinski definition) is 1. The molecule has 2 aromatic heterocycles. The van der Waals surface area contributed by atoms with Crippen LogP contribution in [0.4, 0.5) is 11.6 Å². The van der Waals surface area contributed by atoms with Gasteiger partial charge in [0.25, 0.3) is 0 Å². The third-order valence-corrected chi connectivity index (χ3v) is 2.79. The third-order valence-electron chi connectivity index (χ3n) is 2.79. The number of nitro groups is 1. The molecule has 20 heavy (non-hydrogen) atoms. The van der Waals surface area contributed by atoms with Crippen LogP contribution in [0.15, 0.2) is 24.3 Å². The number of fused-ring (bicyclic) bond motifs is 1. The summed E-state index contributed by atoms with van der Waals surface area (Å²) in [5, 5.41) is 19.1. The zero-order valence-electron chi connectivity index (χ0n) is 10.4. The molecule has 2 heterocycles. The van der Waals surface area contributed by atoms with E-state index in [-0.39, 0.29) is 23.1 Å². The van der Waals surface area contributed by atoms with E-state index in [1.54, 1.807) is 24.3 Å². The van der Waals surface area contributed by atoms with Crippen LogP contribution in [-0.2, 0) is 0 Å². The molecule has 2 N–H and O–H groups in total. The van der Waals surface area contributed by atoms with Crippen molar-refractivity contribution >= 4 is 22.7 Å². The monoisotopic (exact) mass is 271 g/mol. The van der Waals surface area contributed by atoms with Gasteiger partial charge in [0.15, 0.2) is 0 Å². The van der Waals surface area contributed by atoms with Crippen molar-refractivity contribution in [2.75, 3.05) is 5.73 Å². The van der Waals surface area contributed by atoms with Crippen LogP contribution in [0.25, 0.3) is 16.9 Å². The van der Waals surface area contributed by atoms with Crippen molar-refractivity contribution in [2.24, 2.45) is 0 Å². The zero-order valence-corrected chi connectivity index (χ0v) is 10.4. The second-order valence-corrected chi connectivity index (χ2v) is 4.09. The maximum absolute atomic E-state index is 11.2. The first-order valence-corrected chi connectivity index (χ1v) is 5.67. The van der Waals surface area contributed by atoms with Gasteiger partial charge in [-0.2, -0.15) is 9.67 Å². The Morgan fingerprint density at radius 3 is 2.80 bits per heavy atom. The number of para-hydroxylation sites is 1. The lowest BCUT2D eigenvalue weighted by Gasteiger charge is -2.05. The summed E-state index contributed by atoms with van der Waals surface area (Å²) < 4.78 is 1.29. The minimum absolute atomic E-state index is 0.00806. The maximum Gasteiger partial charge on any atom is 0.334 e. The van der Waals surface area contributed by atoms with E-state index >= 15 is 0 Å². The van der Waals surface area contributed by atoms with Gasteiger partial charge in [-0.05, 0) is 19.1 Å². The molecule has 3 aromatic rings. The number of anilines is 1. The van der Waals surface area contributed by atoms with Gasteiger partial charge in [0.2, 0.25) is 11.8 Å². The Kier molecular flexibility index (Phi) is 2.53. The molecule has 3 rings (SSSR count). The molecule has 0 aliphatic heterocycles. The summed E-state index contributed by atoms with van der Waals surface area (Å²) in [7, 11) is 0. The first-order valence-electron chi connectivity index (χ1n) is 5.67. The molecular formula is C11H9N7O2. The Balaban J connectivity index is 2.37. The van der Waals surface area contributed by atoms with Crippen LogP contribution >= 0.6 is 0 Å². The van der Waals surface area contributed by atoms with E-state index in [0.29, 0.717) is 11.0 Å². The molecule has 100 valence electrons. The maximum atomic E-state index is 11.2. The fourth-order valence-electron chi connectivity index (χ4n) is 1.96. The van der Waals surface area contributed by atoms with Gasteiger partial charge in [-0.15, -0.1) is 5.10 Å². The smallest absolute Gasteiger partial charge is 0.334 e. The molecule has 9 heteroatoms. The minimum atomic E-state index is -0.555. The van der Waals surface area contributed by atoms with Gasteiger partial charge >= 0.3 is 5.69 Å². The van der Waals surface area contributed by atoms with Crippen molar-refractivity contribution in [3.05, 3.63) is 40.1 Å². The summed E-state index contributed by atoms with van der Waals surface area (Å²) in [5.74, 6) is -0.0450. The van der Waals surface area contributed by atoms with Gasteiger partial charge in [0.05, 0.1) is 10.4 Å². The Labute approximate surface area is 112 Å². The molecule has 0 aliphatic rings. The van der Waals surface area contributed by atoms with Crippen LogP contribution in [0.5, 0.6) is 0 Å². The highest BCUT2D eigenvalue weighted by molar-refractivity contribution is 5.76. The van der Waals surface area contributed by atoms with E-state index in [2.05, 4.69) is 20.3 Å². The number of hydrogen-bond acceptors (Lipinski definition) is 7. The number of nitrogen functional groups attached to an aromatic ring is 1. The second-order valence-electron chi connectivity index (χ2n) is 4.09. The van der Waals surface area contributed by atoms with Crippen molar-refractivity contribution < 1.29 is 4.92 Å². The standard InChI is InChI=1S/C11H9N7O2/c1-6-9(18(19)20)10(14-11(12)13-6)17-8-5-3-2-4-7(8)15-16-17/h2-5H,1H3,(H2,12,13,14). The fraction of sp³-hybridized carbons (Fsp3) is 0.0909. The van der Waals surface area contributed by atoms with E-state index in [4.69, 9.17) is 5.73 Å². The average Bonchev–Trinajstić information content (AvgIpc) is 2.80. The highest BCUT2D eigenvalue weighted by Gasteiger charge is 2.25. The van der Waals surface area contributed by atoms with E-state index in [1.165, 1.54) is 11.6 Å². The number of aromatic nitrogens is 5. The Bertz CT molecular complexity index is 827. The summed E-state index contributed by atoms with van der Waals surface area (Å²) in [6, 6.07) is 7.08. The molecule has 0 unspecified atom stereocenters. The molecule has 0 amide bonds. The molecule has 0 fully saturated rings. The predicted octanol–water partition coefficient (Wildman–Crippen LogP) is 1.01. The molecule has 0 atom stereocenters. The summed E-state index contributed by atoms with van der Waals surface area (Å²) >= 11 is 0. The lowest BCUT2D eigenvalue weighted by Crippen LogP contribution is -2.10. The molecule has 9 nitrogen and oxygen atoms in total. The Morgan fingerprint density at radius 1 is 1.30 bits per heavy atom.